The molecule has 0 aliphatic heterocycles. The minimum Gasteiger partial charge on any atom is -0.394 e. The fourth-order valence-corrected chi connectivity index (χ4v) is 7.76. The average molecular weight is 1110 g/mol. The maximum Gasteiger partial charge on any atom is 0.313 e. The Bertz CT molecular complexity index is 1300. The average Bonchev–Trinajstić information content (AvgIpc) is 3.39. The minimum atomic E-state index is -0.954. The van der Waals surface area contributed by atoms with Crippen molar-refractivity contribution >= 4 is 35.8 Å². The lowest BCUT2D eigenvalue weighted by Crippen LogP contribution is -2.15. The monoisotopic (exact) mass is 1110 g/mol. The number of unbranched alkanes of at least 4 members (excludes halogenated alkanes) is 24. The molecule has 0 bridgehead atoms. The van der Waals surface area contributed by atoms with Gasteiger partial charge in [0.1, 0.15) is 6.10 Å². The van der Waals surface area contributed by atoms with Crippen molar-refractivity contribution < 1.29 is 73.6 Å². The van der Waals surface area contributed by atoms with Crippen molar-refractivity contribution in [3.05, 3.63) is 36.5 Å². The molecule has 0 heterocycles. The van der Waals surface area contributed by atoms with E-state index in [0.717, 1.165) is 173 Å². The van der Waals surface area contributed by atoms with Crippen LogP contribution in [0.2, 0.25) is 0 Å². The van der Waals surface area contributed by atoms with Crippen molar-refractivity contribution in [3.8, 4) is 0 Å². The van der Waals surface area contributed by atoms with Crippen LogP contribution in [0.15, 0.2) is 36.5 Å². The highest BCUT2D eigenvalue weighted by atomic mass is 16.6. The molecule has 6 N–H and O–H groups in total. The van der Waals surface area contributed by atoms with Gasteiger partial charge in [0.2, 0.25) is 0 Å². The van der Waals surface area contributed by atoms with Crippen LogP contribution in [0.4, 0.5) is 0 Å². The van der Waals surface area contributed by atoms with Gasteiger partial charge in [0.25, 0.3) is 0 Å². The highest BCUT2D eigenvalue weighted by molar-refractivity contribution is 5.85. The zero-order valence-electron chi connectivity index (χ0n) is 50.1. The van der Waals surface area contributed by atoms with Crippen molar-refractivity contribution in [3.63, 3.8) is 0 Å². The largest absolute Gasteiger partial charge is 0.394 e. The first-order chi connectivity index (χ1) is 37.5. The van der Waals surface area contributed by atoms with Crippen molar-refractivity contribution in [1.29, 1.82) is 0 Å². The maximum atomic E-state index is 11.1. The van der Waals surface area contributed by atoms with Crippen LogP contribution in [0, 0.1) is 0 Å². The van der Waals surface area contributed by atoms with Gasteiger partial charge in [-0.1, -0.05) is 192 Å². The molecule has 0 fully saturated rings. The standard InChI is InChI=1S/3C20H36O4.C3H8O3/c3*1-3-4-5-12-15-19(22)16-13-10-8-6-7-9-11-14-17-20(23)24-18(2)21;4-1-3(6)2-5/h3*10,13,19,22H,3-9,11-12,14-17H2,1-2H3;3-6H,1-2H2/b3*13-10-;/t3*19-;/m111./s1. The number of aliphatic hydroxyl groups excluding tert-OH is 6. The number of hydrogen-bond donors (Lipinski definition) is 6. The van der Waals surface area contributed by atoms with Gasteiger partial charge in [-0.2, -0.15) is 0 Å². The van der Waals surface area contributed by atoms with Gasteiger partial charge < -0.3 is 44.8 Å². The number of carbonyl (C=O) groups excluding carboxylic acids is 6. The molecule has 3 atom stereocenters. The zero-order chi connectivity index (χ0) is 59.1. The van der Waals surface area contributed by atoms with Gasteiger partial charge in [0.15, 0.2) is 0 Å². The number of carbonyl (C=O) groups is 6. The number of hydrogen-bond acceptors (Lipinski definition) is 15. The summed E-state index contributed by atoms with van der Waals surface area (Å²) in [4.78, 5) is 65.1. The number of ether oxygens (including phenoxy) is 3. The van der Waals surface area contributed by atoms with Gasteiger partial charge in [0.05, 0.1) is 31.5 Å². The molecular formula is C63H116O15. The maximum absolute atomic E-state index is 11.1. The first-order valence-electron chi connectivity index (χ1n) is 30.5. The van der Waals surface area contributed by atoms with Gasteiger partial charge in [-0.25, -0.2) is 0 Å². The second kappa shape index (κ2) is 65.9. The summed E-state index contributed by atoms with van der Waals surface area (Å²) in [6.45, 7) is 9.60. The SMILES string of the molecule is CCCCCC[C@@H](O)C/C=C\CCCCCCCC(=O)OC(C)=O.CCCCCC[C@@H](O)C/C=C\CCCCCCCC(=O)OC(C)=O.CCCCCC[C@@H](O)C/C=C\CCCCCCCC(=O)OC(C)=O.OCC(O)CO. The molecule has 0 aliphatic carbocycles. The van der Waals surface area contributed by atoms with E-state index in [2.05, 4.69) is 71.4 Å². The number of esters is 6. The Balaban J connectivity index is -0.000000498. The fraction of sp³-hybridized carbons (Fsp3) is 0.810. The number of aliphatic hydroxyl groups is 6. The van der Waals surface area contributed by atoms with E-state index >= 15 is 0 Å². The second-order valence-electron chi connectivity index (χ2n) is 20.5. The summed E-state index contributed by atoms with van der Waals surface area (Å²) in [5.74, 6) is -2.84. The topological polar surface area (TPSA) is 251 Å². The summed E-state index contributed by atoms with van der Waals surface area (Å²) in [5.41, 5.74) is 0. The van der Waals surface area contributed by atoms with Gasteiger partial charge in [0, 0.05) is 40.0 Å². The molecule has 458 valence electrons. The van der Waals surface area contributed by atoms with Gasteiger partial charge in [-0.3, -0.25) is 28.8 Å². The summed E-state index contributed by atoms with van der Waals surface area (Å²) in [6, 6.07) is 0. The first kappa shape index (κ1) is 80.9. The van der Waals surface area contributed by atoms with E-state index in [1.54, 1.807) is 0 Å². The Kier molecular flexibility index (Phi) is 68.3. The summed E-state index contributed by atoms with van der Waals surface area (Å²) in [7, 11) is 0. The third kappa shape index (κ3) is 76.6. The van der Waals surface area contributed by atoms with Crippen molar-refractivity contribution in [1.82, 2.24) is 0 Å². The molecule has 0 radical (unpaired) electrons. The minimum absolute atomic E-state index is 0.187. The fourth-order valence-electron chi connectivity index (χ4n) is 7.76. The van der Waals surface area contributed by atoms with E-state index in [9.17, 15) is 44.1 Å². The highest BCUT2D eigenvalue weighted by Crippen LogP contribution is 2.14. The molecule has 0 rings (SSSR count). The molecule has 0 saturated carbocycles. The van der Waals surface area contributed by atoms with Crippen molar-refractivity contribution in [2.75, 3.05) is 13.2 Å². The van der Waals surface area contributed by atoms with Gasteiger partial charge >= 0.3 is 35.8 Å². The molecule has 0 aliphatic rings. The molecule has 0 spiro atoms. The van der Waals surface area contributed by atoms with Crippen LogP contribution >= 0.6 is 0 Å². The number of allylic oxidation sites excluding steroid dienone is 3. The lowest BCUT2D eigenvalue weighted by atomic mass is 10.1. The lowest BCUT2D eigenvalue weighted by Gasteiger charge is -2.07. The Morgan fingerprint density at radius 1 is 0.321 bits per heavy atom. The van der Waals surface area contributed by atoms with E-state index in [0.29, 0.717) is 19.3 Å². The van der Waals surface area contributed by atoms with Gasteiger partial charge in [-0.15, -0.1) is 0 Å². The van der Waals surface area contributed by atoms with Crippen molar-refractivity contribution in [2.45, 2.75) is 316 Å². The van der Waals surface area contributed by atoms with Crippen LogP contribution in [0.25, 0.3) is 0 Å². The van der Waals surface area contributed by atoms with Crippen LogP contribution in [0.3, 0.4) is 0 Å². The number of rotatable bonds is 47. The van der Waals surface area contributed by atoms with Crippen molar-refractivity contribution in [2.24, 2.45) is 0 Å². The van der Waals surface area contributed by atoms with Crippen LogP contribution in [-0.4, -0.2) is 104 Å². The molecule has 0 saturated heterocycles. The van der Waals surface area contributed by atoms with E-state index in [1.165, 1.54) is 78.6 Å². The Morgan fingerprint density at radius 2 is 0.551 bits per heavy atom. The highest BCUT2D eigenvalue weighted by Gasteiger charge is 2.08. The van der Waals surface area contributed by atoms with E-state index in [1.807, 2.05) is 0 Å². The summed E-state index contributed by atoms with van der Waals surface area (Å²) < 4.78 is 13.4. The predicted octanol–water partition coefficient (Wildman–Crippen LogP) is 13.6. The zero-order valence-corrected chi connectivity index (χ0v) is 50.1. The molecule has 0 amide bonds. The lowest BCUT2D eigenvalue weighted by molar-refractivity contribution is -0.159. The molecule has 0 aromatic rings. The van der Waals surface area contributed by atoms with E-state index in [-0.39, 0.29) is 31.5 Å². The molecular weight excluding hydrogens is 997 g/mol. The predicted molar refractivity (Wildman–Crippen MR) is 313 cm³/mol. The molecule has 78 heavy (non-hydrogen) atoms. The third-order valence-electron chi connectivity index (χ3n) is 12.3. The quantitative estimate of drug-likeness (QED) is 0.0109. The molecule has 0 aromatic carbocycles. The van der Waals surface area contributed by atoms with Crippen LogP contribution in [-0.2, 0) is 43.0 Å². The molecule has 0 aromatic heterocycles. The Morgan fingerprint density at radius 3 is 0.769 bits per heavy atom. The Hall–Kier alpha value is -3.60. The first-order valence-corrected chi connectivity index (χ1v) is 30.5. The second-order valence-corrected chi connectivity index (χ2v) is 20.5. The summed E-state index contributed by atoms with van der Waals surface area (Å²) in [5, 5.41) is 53.5. The van der Waals surface area contributed by atoms with E-state index < -0.39 is 41.9 Å². The molecule has 15 nitrogen and oxygen atoms in total. The third-order valence-corrected chi connectivity index (χ3v) is 12.3. The van der Waals surface area contributed by atoms with Crippen LogP contribution < -0.4 is 0 Å². The molecule has 0 unspecified atom stereocenters. The van der Waals surface area contributed by atoms with E-state index in [4.69, 9.17) is 15.3 Å². The van der Waals surface area contributed by atoms with Crippen LogP contribution in [0.1, 0.15) is 292 Å². The van der Waals surface area contributed by atoms with Crippen LogP contribution in [0.5, 0.6) is 0 Å². The van der Waals surface area contributed by atoms with Gasteiger partial charge in [-0.05, 0) is 96.3 Å². The Labute approximate surface area is 473 Å². The smallest absolute Gasteiger partial charge is 0.313 e. The summed E-state index contributed by atoms with van der Waals surface area (Å²) >= 11 is 0. The molecule has 15 heteroatoms. The summed E-state index contributed by atoms with van der Waals surface area (Å²) in [6.07, 6.45) is 50.5. The normalized spacial score (nSPS) is 12.3.